The van der Waals surface area contributed by atoms with Crippen LogP contribution in [-0.2, 0) is 14.9 Å². The molecule has 1 fully saturated rings. The molecule has 1 amide bonds. The minimum absolute atomic E-state index is 0.0722. The van der Waals surface area contributed by atoms with Crippen molar-refractivity contribution in [2.24, 2.45) is 5.92 Å². The zero-order valence-electron chi connectivity index (χ0n) is 16.9. The second-order valence-electron chi connectivity index (χ2n) is 8.42. The van der Waals surface area contributed by atoms with Crippen LogP contribution < -0.4 is 5.32 Å². The van der Waals surface area contributed by atoms with E-state index in [0.29, 0.717) is 24.7 Å². The molecule has 0 radical (unpaired) electrons. The van der Waals surface area contributed by atoms with Gasteiger partial charge in [0.15, 0.2) is 5.82 Å². The Balaban J connectivity index is 1.71. The number of hydrogen-bond acceptors (Lipinski definition) is 6. The number of carbonyl (C=O) groups is 1. The standard InChI is InChI=1S/C19H29N5O3/c1-11(2)24-14(7-9-20-24)15-13(8-10-26-15)16(25)21-12(3)17-22-18(23-27-17)19(4,5)6/h7,9,11-13,15H,8,10H2,1-6H3,(H,21,25)/t12-,13-,15-/m0/s1. The highest BCUT2D eigenvalue weighted by atomic mass is 16.5. The molecule has 1 aliphatic heterocycles. The fraction of sp³-hybridized carbons (Fsp3) is 0.684. The average molecular weight is 375 g/mol. The third-order valence-corrected chi connectivity index (χ3v) is 4.75. The van der Waals surface area contributed by atoms with Gasteiger partial charge in [-0.3, -0.25) is 9.48 Å². The summed E-state index contributed by atoms with van der Waals surface area (Å²) in [5.74, 6) is 0.696. The number of carbonyl (C=O) groups excluding carboxylic acids is 1. The van der Waals surface area contributed by atoms with Crippen LogP contribution in [0.2, 0.25) is 0 Å². The molecule has 3 heterocycles. The van der Waals surface area contributed by atoms with Crippen LogP contribution in [0.1, 0.15) is 83.6 Å². The summed E-state index contributed by atoms with van der Waals surface area (Å²) < 4.78 is 13.1. The van der Waals surface area contributed by atoms with Gasteiger partial charge in [0.05, 0.1) is 11.6 Å². The Kier molecular flexibility index (Phi) is 5.37. The van der Waals surface area contributed by atoms with Crippen LogP contribution in [0, 0.1) is 5.92 Å². The summed E-state index contributed by atoms with van der Waals surface area (Å²) in [6.07, 6.45) is 2.12. The molecule has 8 nitrogen and oxygen atoms in total. The number of nitrogens with one attached hydrogen (secondary N) is 1. The monoisotopic (exact) mass is 375 g/mol. The molecule has 0 aromatic carbocycles. The predicted octanol–water partition coefficient (Wildman–Crippen LogP) is 3.10. The first-order chi connectivity index (χ1) is 12.7. The van der Waals surface area contributed by atoms with Gasteiger partial charge in [0.1, 0.15) is 12.1 Å². The van der Waals surface area contributed by atoms with Crippen LogP contribution in [0.15, 0.2) is 16.8 Å². The molecule has 1 N–H and O–H groups in total. The van der Waals surface area contributed by atoms with Gasteiger partial charge in [-0.2, -0.15) is 10.1 Å². The number of ether oxygens (including phenoxy) is 1. The summed E-state index contributed by atoms with van der Waals surface area (Å²) in [5, 5.41) is 11.4. The minimum Gasteiger partial charge on any atom is -0.371 e. The van der Waals surface area contributed by atoms with Gasteiger partial charge in [0.25, 0.3) is 0 Å². The Hall–Kier alpha value is -2.22. The average Bonchev–Trinajstić information content (AvgIpc) is 3.31. The summed E-state index contributed by atoms with van der Waals surface area (Å²) in [4.78, 5) is 17.3. The molecule has 3 atom stereocenters. The van der Waals surface area contributed by atoms with E-state index in [2.05, 4.69) is 34.4 Å². The SMILES string of the molecule is CC(C)n1nccc1[C@H]1OCC[C@@H]1C(=O)N[C@@H](C)c1nc(C(C)(C)C)no1. The van der Waals surface area contributed by atoms with Crippen molar-refractivity contribution in [1.82, 2.24) is 25.2 Å². The molecule has 0 unspecified atom stereocenters. The molecule has 8 heteroatoms. The van der Waals surface area contributed by atoms with Crippen LogP contribution in [-0.4, -0.2) is 32.4 Å². The van der Waals surface area contributed by atoms with E-state index in [1.807, 2.05) is 38.4 Å². The predicted molar refractivity (Wildman–Crippen MR) is 99.0 cm³/mol. The van der Waals surface area contributed by atoms with E-state index in [9.17, 15) is 4.79 Å². The van der Waals surface area contributed by atoms with Crippen molar-refractivity contribution in [3.05, 3.63) is 29.7 Å². The van der Waals surface area contributed by atoms with Gasteiger partial charge in [0, 0.05) is 24.3 Å². The van der Waals surface area contributed by atoms with Crippen molar-refractivity contribution >= 4 is 5.91 Å². The van der Waals surface area contributed by atoms with Gasteiger partial charge in [-0.05, 0) is 33.3 Å². The smallest absolute Gasteiger partial charge is 0.248 e. The van der Waals surface area contributed by atoms with E-state index in [4.69, 9.17) is 9.26 Å². The van der Waals surface area contributed by atoms with Crippen LogP contribution in [0.25, 0.3) is 0 Å². The first-order valence-electron chi connectivity index (χ1n) is 9.48. The van der Waals surface area contributed by atoms with Gasteiger partial charge >= 0.3 is 0 Å². The summed E-state index contributed by atoms with van der Waals surface area (Å²) in [6, 6.07) is 1.77. The van der Waals surface area contributed by atoms with Crippen molar-refractivity contribution < 1.29 is 14.1 Å². The van der Waals surface area contributed by atoms with E-state index >= 15 is 0 Å². The second kappa shape index (κ2) is 7.42. The van der Waals surface area contributed by atoms with Gasteiger partial charge in [0.2, 0.25) is 11.8 Å². The summed E-state index contributed by atoms with van der Waals surface area (Å²) in [7, 11) is 0. The lowest BCUT2D eigenvalue weighted by Crippen LogP contribution is -2.35. The molecule has 0 bridgehead atoms. The zero-order chi connectivity index (χ0) is 19.8. The molecule has 2 aromatic rings. The van der Waals surface area contributed by atoms with Gasteiger partial charge in [-0.25, -0.2) is 0 Å². The van der Waals surface area contributed by atoms with E-state index in [1.165, 1.54) is 0 Å². The Morgan fingerprint density at radius 3 is 2.70 bits per heavy atom. The maximum absolute atomic E-state index is 12.9. The Morgan fingerprint density at radius 2 is 2.07 bits per heavy atom. The topological polar surface area (TPSA) is 95.1 Å². The third-order valence-electron chi connectivity index (χ3n) is 4.75. The van der Waals surface area contributed by atoms with Crippen molar-refractivity contribution in [3.8, 4) is 0 Å². The number of aromatic nitrogens is 4. The molecule has 27 heavy (non-hydrogen) atoms. The highest BCUT2D eigenvalue weighted by molar-refractivity contribution is 5.80. The number of hydrogen-bond donors (Lipinski definition) is 1. The number of rotatable bonds is 5. The first kappa shape index (κ1) is 19.5. The number of amides is 1. The second-order valence-corrected chi connectivity index (χ2v) is 8.42. The molecule has 0 spiro atoms. The molecule has 3 rings (SSSR count). The third kappa shape index (κ3) is 4.05. The highest BCUT2D eigenvalue weighted by Crippen LogP contribution is 2.36. The van der Waals surface area contributed by atoms with E-state index < -0.39 is 0 Å². The molecule has 0 saturated carbocycles. The number of nitrogens with zero attached hydrogens (tertiary/aromatic N) is 4. The maximum Gasteiger partial charge on any atom is 0.248 e. The van der Waals surface area contributed by atoms with E-state index in [0.717, 1.165) is 5.69 Å². The Morgan fingerprint density at radius 1 is 1.33 bits per heavy atom. The molecular weight excluding hydrogens is 346 g/mol. The highest BCUT2D eigenvalue weighted by Gasteiger charge is 2.38. The van der Waals surface area contributed by atoms with Crippen molar-refractivity contribution in [1.29, 1.82) is 0 Å². The fourth-order valence-electron chi connectivity index (χ4n) is 3.23. The molecule has 1 aliphatic rings. The quantitative estimate of drug-likeness (QED) is 0.863. The maximum atomic E-state index is 12.9. The summed E-state index contributed by atoms with van der Waals surface area (Å²) in [6.45, 7) is 12.6. The molecule has 0 aliphatic carbocycles. The van der Waals surface area contributed by atoms with Crippen molar-refractivity contribution in [3.63, 3.8) is 0 Å². The van der Waals surface area contributed by atoms with Gasteiger partial charge in [-0.15, -0.1) is 0 Å². The lowest BCUT2D eigenvalue weighted by Gasteiger charge is -2.22. The zero-order valence-corrected chi connectivity index (χ0v) is 16.9. The van der Waals surface area contributed by atoms with E-state index in [1.54, 1.807) is 6.20 Å². The largest absolute Gasteiger partial charge is 0.371 e. The molecule has 2 aromatic heterocycles. The normalized spacial score (nSPS) is 21.6. The first-order valence-corrected chi connectivity index (χ1v) is 9.48. The fourth-order valence-corrected chi connectivity index (χ4v) is 3.23. The molecule has 148 valence electrons. The van der Waals surface area contributed by atoms with Crippen LogP contribution in [0.4, 0.5) is 0 Å². The minimum atomic E-state index is -0.364. The van der Waals surface area contributed by atoms with Crippen molar-refractivity contribution in [2.45, 2.75) is 71.6 Å². The van der Waals surface area contributed by atoms with E-state index in [-0.39, 0.29) is 35.4 Å². The molecule has 1 saturated heterocycles. The lowest BCUT2D eigenvalue weighted by molar-refractivity contribution is -0.127. The summed E-state index contributed by atoms with van der Waals surface area (Å²) in [5.41, 5.74) is 0.730. The van der Waals surface area contributed by atoms with Crippen molar-refractivity contribution in [2.75, 3.05) is 6.61 Å². The van der Waals surface area contributed by atoms with Crippen LogP contribution >= 0.6 is 0 Å². The van der Waals surface area contributed by atoms with Crippen LogP contribution in [0.3, 0.4) is 0 Å². The Bertz CT molecular complexity index is 789. The summed E-state index contributed by atoms with van der Waals surface area (Å²) >= 11 is 0. The molecular formula is C19H29N5O3. The lowest BCUT2D eigenvalue weighted by atomic mass is 9.96. The van der Waals surface area contributed by atoms with Gasteiger partial charge in [-0.1, -0.05) is 25.9 Å². The Labute approximate surface area is 159 Å². The van der Waals surface area contributed by atoms with Crippen LogP contribution in [0.5, 0.6) is 0 Å². The van der Waals surface area contributed by atoms with Gasteiger partial charge < -0.3 is 14.6 Å².